The number of rotatable bonds is 6. The minimum absolute atomic E-state index is 0.180. The molecule has 20 heavy (non-hydrogen) atoms. The van der Waals surface area contributed by atoms with Gasteiger partial charge in [0.25, 0.3) is 0 Å². The SMILES string of the molecule is CCn1nc(CN(C)CCC(=O)OC)c2ccccc21. The number of hydrogen-bond donors (Lipinski definition) is 0. The molecule has 0 aliphatic carbocycles. The first-order valence-corrected chi connectivity index (χ1v) is 6.85. The van der Waals surface area contributed by atoms with Gasteiger partial charge in [-0.25, -0.2) is 0 Å². The molecule has 0 spiro atoms. The predicted octanol–water partition coefficient (Wildman–Crippen LogP) is 2.05. The summed E-state index contributed by atoms with van der Waals surface area (Å²) >= 11 is 0. The van der Waals surface area contributed by atoms with Crippen LogP contribution >= 0.6 is 0 Å². The summed E-state index contributed by atoms with van der Waals surface area (Å²) in [6, 6.07) is 8.24. The van der Waals surface area contributed by atoms with Crippen LogP contribution in [0.3, 0.4) is 0 Å². The number of aromatic nitrogens is 2. The normalized spacial score (nSPS) is 11.2. The molecule has 2 rings (SSSR count). The van der Waals surface area contributed by atoms with Crippen molar-refractivity contribution < 1.29 is 9.53 Å². The van der Waals surface area contributed by atoms with Crippen LogP contribution in [0.15, 0.2) is 24.3 Å². The number of nitrogens with zero attached hydrogens (tertiary/aromatic N) is 3. The highest BCUT2D eigenvalue weighted by Gasteiger charge is 2.12. The zero-order valence-electron chi connectivity index (χ0n) is 12.3. The van der Waals surface area contributed by atoms with Crippen LogP contribution in [0.5, 0.6) is 0 Å². The molecule has 0 atom stereocenters. The summed E-state index contributed by atoms with van der Waals surface area (Å²) in [7, 11) is 3.40. The number of carbonyl (C=O) groups excluding carboxylic acids is 1. The lowest BCUT2D eigenvalue weighted by Crippen LogP contribution is -2.22. The highest BCUT2D eigenvalue weighted by Crippen LogP contribution is 2.19. The Balaban J connectivity index is 2.11. The van der Waals surface area contributed by atoms with Gasteiger partial charge in [-0.3, -0.25) is 14.4 Å². The zero-order chi connectivity index (χ0) is 14.5. The van der Waals surface area contributed by atoms with Crippen LogP contribution < -0.4 is 0 Å². The van der Waals surface area contributed by atoms with Crippen molar-refractivity contribution >= 4 is 16.9 Å². The largest absolute Gasteiger partial charge is 0.469 e. The van der Waals surface area contributed by atoms with E-state index in [9.17, 15) is 4.79 Å². The fourth-order valence-electron chi connectivity index (χ4n) is 2.27. The molecule has 0 amide bonds. The van der Waals surface area contributed by atoms with E-state index in [2.05, 4.69) is 33.8 Å². The molecule has 1 heterocycles. The summed E-state index contributed by atoms with van der Waals surface area (Å²) in [5.74, 6) is -0.180. The maximum atomic E-state index is 11.2. The van der Waals surface area contributed by atoms with Crippen molar-refractivity contribution in [2.24, 2.45) is 0 Å². The average molecular weight is 275 g/mol. The predicted molar refractivity (Wildman–Crippen MR) is 78.4 cm³/mol. The first-order valence-electron chi connectivity index (χ1n) is 6.85. The van der Waals surface area contributed by atoms with Crippen LogP contribution in [-0.2, 0) is 22.6 Å². The van der Waals surface area contributed by atoms with Crippen LogP contribution in [0.4, 0.5) is 0 Å². The standard InChI is InChI=1S/C15H21N3O2/c1-4-18-14-8-6-5-7-12(14)13(16-18)11-17(2)10-9-15(19)20-3/h5-8H,4,9-11H2,1-3H3. The van der Waals surface area contributed by atoms with E-state index in [-0.39, 0.29) is 5.97 Å². The first-order chi connectivity index (χ1) is 9.65. The molecule has 5 heteroatoms. The van der Waals surface area contributed by atoms with Gasteiger partial charge in [0.15, 0.2) is 0 Å². The topological polar surface area (TPSA) is 47.4 Å². The fourth-order valence-corrected chi connectivity index (χ4v) is 2.27. The zero-order valence-corrected chi connectivity index (χ0v) is 12.3. The summed E-state index contributed by atoms with van der Waals surface area (Å²) in [5.41, 5.74) is 2.21. The Hall–Kier alpha value is -1.88. The Morgan fingerprint density at radius 2 is 2.15 bits per heavy atom. The van der Waals surface area contributed by atoms with Crippen molar-refractivity contribution in [1.29, 1.82) is 0 Å². The van der Waals surface area contributed by atoms with Gasteiger partial charge in [0.1, 0.15) is 0 Å². The highest BCUT2D eigenvalue weighted by molar-refractivity contribution is 5.81. The summed E-state index contributed by atoms with van der Waals surface area (Å²) < 4.78 is 6.67. The number of para-hydroxylation sites is 1. The Kier molecular flexibility index (Phi) is 4.74. The van der Waals surface area contributed by atoms with Crippen LogP contribution in [0.2, 0.25) is 0 Å². The smallest absolute Gasteiger partial charge is 0.306 e. The number of hydrogen-bond acceptors (Lipinski definition) is 4. The third-order valence-electron chi connectivity index (χ3n) is 3.38. The third kappa shape index (κ3) is 3.17. The van der Waals surface area contributed by atoms with Gasteiger partial charge >= 0.3 is 5.97 Å². The number of carbonyl (C=O) groups is 1. The Morgan fingerprint density at radius 3 is 2.85 bits per heavy atom. The van der Waals surface area contributed by atoms with E-state index in [1.807, 2.05) is 23.9 Å². The summed E-state index contributed by atoms with van der Waals surface area (Å²) in [4.78, 5) is 13.3. The molecule has 0 fully saturated rings. The average Bonchev–Trinajstić information content (AvgIpc) is 2.83. The van der Waals surface area contributed by atoms with Crippen LogP contribution in [-0.4, -0.2) is 41.4 Å². The van der Waals surface area contributed by atoms with Gasteiger partial charge < -0.3 is 4.74 Å². The number of aryl methyl sites for hydroxylation is 1. The fraction of sp³-hybridized carbons (Fsp3) is 0.467. The van der Waals surface area contributed by atoms with Crippen molar-refractivity contribution in [3.05, 3.63) is 30.0 Å². The molecular formula is C15H21N3O2. The van der Waals surface area contributed by atoms with Crippen molar-refractivity contribution in [2.75, 3.05) is 20.7 Å². The van der Waals surface area contributed by atoms with E-state index < -0.39 is 0 Å². The summed E-state index contributed by atoms with van der Waals surface area (Å²) in [5, 5.41) is 5.83. The van der Waals surface area contributed by atoms with Crippen molar-refractivity contribution in [3.63, 3.8) is 0 Å². The van der Waals surface area contributed by atoms with Crippen LogP contribution in [0.1, 0.15) is 19.0 Å². The number of benzene rings is 1. The van der Waals surface area contributed by atoms with Crippen molar-refractivity contribution in [2.45, 2.75) is 26.4 Å². The minimum Gasteiger partial charge on any atom is -0.469 e. The molecule has 1 aromatic heterocycles. The van der Waals surface area contributed by atoms with Crippen LogP contribution in [0, 0.1) is 0 Å². The lowest BCUT2D eigenvalue weighted by Gasteiger charge is -2.14. The Labute approximate surface area is 119 Å². The van der Waals surface area contributed by atoms with Crippen molar-refractivity contribution in [1.82, 2.24) is 14.7 Å². The minimum atomic E-state index is -0.180. The highest BCUT2D eigenvalue weighted by atomic mass is 16.5. The number of methoxy groups -OCH3 is 1. The lowest BCUT2D eigenvalue weighted by molar-refractivity contribution is -0.140. The molecule has 0 saturated heterocycles. The van der Waals surface area contributed by atoms with E-state index in [1.165, 1.54) is 12.5 Å². The second kappa shape index (κ2) is 6.52. The quantitative estimate of drug-likeness (QED) is 0.757. The van der Waals surface area contributed by atoms with Crippen LogP contribution in [0.25, 0.3) is 10.9 Å². The molecule has 0 aliphatic rings. The maximum Gasteiger partial charge on any atom is 0.306 e. The number of esters is 1. The molecule has 0 N–H and O–H groups in total. The number of fused-ring (bicyclic) bond motifs is 1. The van der Waals surface area contributed by atoms with E-state index in [0.717, 1.165) is 24.3 Å². The second-order valence-corrected chi connectivity index (χ2v) is 4.84. The summed E-state index contributed by atoms with van der Waals surface area (Å²) in [6.45, 7) is 4.33. The first kappa shape index (κ1) is 14.5. The van der Waals surface area contributed by atoms with E-state index in [1.54, 1.807) is 0 Å². The van der Waals surface area contributed by atoms with Gasteiger partial charge in [-0.05, 0) is 20.0 Å². The molecule has 0 unspecified atom stereocenters. The van der Waals surface area contributed by atoms with E-state index in [0.29, 0.717) is 13.0 Å². The van der Waals surface area contributed by atoms with Gasteiger partial charge in [0, 0.05) is 25.0 Å². The van der Waals surface area contributed by atoms with E-state index >= 15 is 0 Å². The molecule has 108 valence electrons. The monoisotopic (exact) mass is 275 g/mol. The Bertz CT molecular complexity index is 592. The molecule has 0 saturated carbocycles. The van der Waals surface area contributed by atoms with Gasteiger partial charge in [-0.15, -0.1) is 0 Å². The molecule has 5 nitrogen and oxygen atoms in total. The molecule has 0 bridgehead atoms. The second-order valence-electron chi connectivity index (χ2n) is 4.84. The van der Waals surface area contributed by atoms with E-state index in [4.69, 9.17) is 0 Å². The van der Waals surface area contributed by atoms with Gasteiger partial charge in [-0.2, -0.15) is 5.10 Å². The van der Waals surface area contributed by atoms with Gasteiger partial charge in [0.05, 0.1) is 24.7 Å². The molecule has 1 aromatic carbocycles. The molecule has 2 aromatic rings. The lowest BCUT2D eigenvalue weighted by atomic mass is 10.2. The number of ether oxygens (including phenoxy) is 1. The molecule has 0 aliphatic heterocycles. The molecule has 0 radical (unpaired) electrons. The van der Waals surface area contributed by atoms with Gasteiger partial charge in [-0.1, -0.05) is 18.2 Å². The molecular weight excluding hydrogens is 254 g/mol. The van der Waals surface area contributed by atoms with Crippen molar-refractivity contribution in [3.8, 4) is 0 Å². The summed E-state index contributed by atoms with van der Waals surface area (Å²) in [6.07, 6.45) is 0.402. The van der Waals surface area contributed by atoms with Gasteiger partial charge in [0.2, 0.25) is 0 Å². The Morgan fingerprint density at radius 1 is 1.40 bits per heavy atom. The maximum absolute atomic E-state index is 11.2. The third-order valence-corrected chi connectivity index (χ3v) is 3.38.